The largest absolute Gasteiger partial charge is 0.370 e. The van der Waals surface area contributed by atoms with Crippen LogP contribution in [0.15, 0.2) is 22.7 Å². The maximum absolute atomic E-state index is 3.69. The van der Waals surface area contributed by atoms with Gasteiger partial charge in [0.05, 0.1) is 5.69 Å². The number of nitrogens with zero attached hydrogens (tertiary/aromatic N) is 1. The number of anilines is 1. The van der Waals surface area contributed by atoms with Gasteiger partial charge in [0.15, 0.2) is 0 Å². The normalized spacial score (nSPS) is 22.1. The monoisotopic (exact) mass is 296 g/mol. The van der Waals surface area contributed by atoms with Crippen LogP contribution in [0.2, 0.25) is 0 Å². The first-order chi connectivity index (χ1) is 8.16. The first-order valence-corrected chi connectivity index (χ1v) is 7.18. The summed E-state index contributed by atoms with van der Waals surface area (Å²) in [5, 5.41) is 3.49. The first-order valence-electron chi connectivity index (χ1n) is 6.38. The summed E-state index contributed by atoms with van der Waals surface area (Å²) >= 11 is 3.69. The van der Waals surface area contributed by atoms with Gasteiger partial charge in [0.2, 0.25) is 0 Å². The zero-order valence-electron chi connectivity index (χ0n) is 10.7. The molecule has 1 N–H and O–H groups in total. The standard InChI is InChI=1S/C14H21BrN2/c1-11-4-5-14(13(15)8-11)17-7-3-6-16-9-12(2)10-17/h4-5,8,12,16H,3,6-7,9-10H2,1-2H3. The van der Waals surface area contributed by atoms with Crippen molar-refractivity contribution < 1.29 is 0 Å². The molecule has 3 heteroatoms. The van der Waals surface area contributed by atoms with Crippen LogP contribution in [0.25, 0.3) is 0 Å². The summed E-state index contributed by atoms with van der Waals surface area (Å²) < 4.78 is 1.22. The van der Waals surface area contributed by atoms with Gasteiger partial charge in [-0.15, -0.1) is 0 Å². The second kappa shape index (κ2) is 5.87. The molecule has 0 spiro atoms. The molecule has 0 bridgehead atoms. The van der Waals surface area contributed by atoms with E-state index in [1.165, 1.54) is 22.1 Å². The van der Waals surface area contributed by atoms with E-state index in [0.29, 0.717) is 5.92 Å². The average Bonchev–Trinajstić information content (AvgIpc) is 2.24. The Bertz CT molecular complexity index is 378. The minimum atomic E-state index is 0.698. The van der Waals surface area contributed by atoms with Gasteiger partial charge in [0, 0.05) is 17.6 Å². The molecule has 1 heterocycles. The highest BCUT2D eigenvalue weighted by molar-refractivity contribution is 9.10. The Labute approximate surface area is 113 Å². The summed E-state index contributed by atoms with van der Waals surface area (Å²) in [6.07, 6.45) is 1.22. The van der Waals surface area contributed by atoms with Crippen LogP contribution < -0.4 is 10.2 Å². The van der Waals surface area contributed by atoms with Gasteiger partial charge in [-0.1, -0.05) is 13.0 Å². The Balaban J connectivity index is 2.17. The fourth-order valence-electron chi connectivity index (χ4n) is 2.36. The Morgan fingerprint density at radius 2 is 2.24 bits per heavy atom. The molecule has 1 aliphatic rings. The van der Waals surface area contributed by atoms with E-state index in [-0.39, 0.29) is 0 Å². The second-order valence-corrected chi connectivity index (χ2v) is 5.92. The highest BCUT2D eigenvalue weighted by Gasteiger charge is 2.15. The van der Waals surface area contributed by atoms with Gasteiger partial charge >= 0.3 is 0 Å². The summed E-state index contributed by atoms with van der Waals surface area (Å²) in [5.41, 5.74) is 2.65. The van der Waals surface area contributed by atoms with E-state index in [9.17, 15) is 0 Å². The third-order valence-corrected chi connectivity index (χ3v) is 3.89. The summed E-state index contributed by atoms with van der Waals surface area (Å²) in [7, 11) is 0. The maximum Gasteiger partial charge on any atom is 0.0510 e. The second-order valence-electron chi connectivity index (χ2n) is 5.06. The molecule has 0 amide bonds. The van der Waals surface area contributed by atoms with Gasteiger partial charge in [-0.05, 0) is 66.0 Å². The fraction of sp³-hybridized carbons (Fsp3) is 0.571. The van der Waals surface area contributed by atoms with Gasteiger partial charge in [0.25, 0.3) is 0 Å². The molecular weight excluding hydrogens is 276 g/mol. The van der Waals surface area contributed by atoms with Gasteiger partial charge in [-0.2, -0.15) is 0 Å². The molecular formula is C14H21BrN2. The zero-order valence-corrected chi connectivity index (χ0v) is 12.3. The molecule has 1 aromatic carbocycles. The third-order valence-electron chi connectivity index (χ3n) is 3.25. The summed E-state index contributed by atoms with van der Waals surface area (Å²) in [6.45, 7) is 8.97. The number of halogens is 1. The molecule has 17 heavy (non-hydrogen) atoms. The van der Waals surface area contributed by atoms with Gasteiger partial charge in [0.1, 0.15) is 0 Å². The highest BCUT2D eigenvalue weighted by Crippen LogP contribution is 2.28. The lowest BCUT2D eigenvalue weighted by Crippen LogP contribution is -2.38. The summed E-state index contributed by atoms with van der Waals surface area (Å²) in [6, 6.07) is 6.64. The number of rotatable bonds is 1. The van der Waals surface area contributed by atoms with E-state index < -0.39 is 0 Å². The van der Waals surface area contributed by atoms with E-state index in [2.05, 4.69) is 58.2 Å². The van der Waals surface area contributed by atoms with Crippen LogP contribution in [0.4, 0.5) is 5.69 Å². The predicted octanol–water partition coefficient (Wildman–Crippen LogP) is 3.19. The van der Waals surface area contributed by atoms with Crippen molar-refractivity contribution in [1.29, 1.82) is 0 Å². The quantitative estimate of drug-likeness (QED) is 0.856. The van der Waals surface area contributed by atoms with E-state index in [1.54, 1.807) is 0 Å². The molecule has 1 atom stereocenters. The van der Waals surface area contributed by atoms with Crippen LogP contribution in [-0.2, 0) is 0 Å². The van der Waals surface area contributed by atoms with Crippen molar-refractivity contribution in [3.05, 3.63) is 28.2 Å². The fourth-order valence-corrected chi connectivity index (χ4v) is 3.11. The van der Waals surface area contributed by atoms with Crippen molar-refractivity contribution in [2.24, 2.45) is 5.92 Å². The van der Waals surface area contributed by atoms with Crippen LogP contribution in [0.1, 0.15) is 18.9 Å². The van der Waals surface area contributed by atoms with Crippen molar-refractivity contribution in [1.82, 2.24) is 5.32 Å². The molecule has 0 aromatic heterocycles. The number of benzene rings is 1. The molecule has 1 fully saturated rings. The summed E-state index contributed by atoms with van der Waals surface area (Å²) in [4.78, 5) is 2.51. The molecule has 2 rings (SSSR count). The Hall–Kier alpha value is -0.540. The number of hydrogen-bond acceptors (Lipinski definition) is 2. The molecule has 1 aliphatic heterocycles. The summed E-state index contributed by atoms with van der Waals surface area (Å²) in [5.74, 6) is 0.698. The first kappa shape index (κ1) is 12.9. The molecule has 0 radical (unpaired) electrons. The van der Waals surface area contributed by atoms with Crippen LogP contribution in [0.3, 0.4) is 0 Å². The van der Waals surface area contributed by atoms with Crippen LogP contribution >= 0.6 is 15.9 Å². The Morgan fingerprint density at radius 3 is 3.00 bits per heavy atom. The van der Waals surface area contributed by atoms with Crippen molar-refractivity contribution in [3.63, 3.8) is 0 Å². The van der Waals surface area contributed by atoms with E-state index in [1.807, 2.05) is 0 Å². The zero-order chi connectivity index (χ0) is 12.3. The van der Waals surface area contributed by atoms with Crippen LogP contribution in [-0.4, -0.2) is 26.2 Å². The van der Waals surface area contributed by atoms with Crippen LogP contribution in [0, 0.1) is 12.8 Å². The highest BCUT2D eigenvalue weighted by atomic mass is 79.9. The minimum absolute atomic E-state index is 0.698. The third kappa shape index (κ3) is 3.46. The lowest BCUT2D eigenvalue weighted by atomic mass is 10.1. The number of nitrogens with one attached hydrogen (secondary N) is 1. The number of hydrogen-bond donors (Lipinski definition) is 1. The smallest absolute Gasteiger partial charge is 0.0510 e. The number of aryl methyl sites for hydroxylation is 1. The van der Waals surface area contributed by atoms with Gasteiger partial charge in [-0.25, -0.2) is 0 Å². The molecule has 1 unspecified atom stereocenters. The van der Waals surface area contributed by atoms with Crippen molar-refractivity contribution in [2.45, 2.75) is 20.3 Å². The van der Waals surface area contributed by atoms with Crippen LogP contribution in [0.5, 0.6) is 0 Å². The molecule has 0 saturated carbocycles. The van der Waals surface area contributed by atoms with E-state index >= 15 is 0 Å². The lowest BCUT2D eigenvalue weighted by molar-refractivity contribution is 0.468. The predicted molar refractivity (Wildman–Crippen MR) is 77.7 cm³/mol. The van der Waals surface area contributed by atoms with E-state index in [4.69, 9.17) is 0 Å². The average molecular weight is 297 g/mol. The van der Waals surface area contributed by atoms with Gasteiger partial charge in [-0.3, -0.25) is 0 Å². The maximum atomic E-state index is 3.69. The lowest BCUT2D eigenvalue weighted by Gasteiger charge is -2.31. The van der Waals surface area contributed by atoms with Crippen molar-refractivity contribution in [2.75, 3.05) is 31.1 Å². The van der Waals surface area contributed by atoms with E-state index in [0.717, 1.165) is 26.2 Å². The van der Waals surface area contributed by atoms with Gasteiger partial charge < -0.3 is 10.2 Å². The minimum Gasteiger partial charge on any atom is -0.370 e. The van der Waals surface area contributed by atoms with Crippen molar-refractivity contribution in [3.8, 4) is 0 Å². The molecule has 1 saturated heterocycles. The molecule has 2 nitrogen and oxygen atoms in total. The topological polar surface area (TPSA) is 15.3 Å². The molecule has 1 aromatic rings. The van der Waals surface area contributed by atoms with Crippen molar-refractivity contribution >= 4 is 21.6 Å². The molecule has 0 aliphatic carbocycles. The SMILES string of the molecule is Cc1ccc(N2CCCNCC(C)C2)c(Br)c1. The Morgan fingerprint density at radius 1 is 1.41 bits per heavy atom. The Kier molecular flexibility index (Phi) is 4.46. The molecule has 94 valence electrons.